The number of amides is 2. The Bertz CT molecular complexity index is 390. The van der Waals surface area contributed by atoms with Crippen LogP contribution in [0.2, 0.25) is 0 Å². The standard InChI is InChI=1S/C13H19N3O2/c1-10(2)7-12(17)16-9-13(18)15-8-11-3-5-14-6-4-11/h3-6,10H,7-9H2,1-2H3,(H,15,18)(H,16,17). The zero-order chi connectivity index (χ0) is 13.4. The van der Waals surface area contributed by atoms with Crippen molar-refractivity contribution < 1.29 is 9.59 Å². The van der Waals surface area contributed by atoms with E-state index in [2.05, 4.69) is 15.6 Å². The first-order valence-electron chi connectivity index (χ1n) is 6.00. The van der Waals surface area contributed by atoms with Gasteiger partial charge in [0, 0.05) is 25.4 Å². The third kappa shape index (κ3) is 5.98. The normalized spacial score (nSPS) is 10.2. The lowest BCUT2D eigenvalue weighted by molar-refractivity contribution is -0.126. The molecule has 0 atom stereocenters. The second-order valence-electron chi connectivity index (χ2n) is 4.51. The largest absolute Gasteiger partial charge is 0.350 e. The molecule has 1 rings (SSSR count). The monoisotopic (exact) mass is 249 g/mol. The van der Waals surface area contributed by atoms with Crippen LogP contribution in [0.5, 0.6) is 0 Å². The highest BCUT2D eigenvalue weighted by Crippen LogP contribution is 1.97. The van der Waals surface area contributed by atoms with Crippen molar-refractivity contribution in [1.29, 1.82) is 0 Å². The van der Waals surface area contributed by atoms with E-state index in [9.17, 15) is 9.59 Å². The van der Waals surface area contributed by atoms with Crippen LogP contribution in [0.25, 0.3) is 0 Å². The van der Waals surface area contributed by atoms with Crippen molar-refractivity contribution in [2.45, 2.75) is 26.8 Å². The Kier molecular flexibility index (Phi) is 5.84. The van der Waals surface area contributed by atoms with Crippen molar-refractivity contribution in [1.82, 2.24) is 15.6 Å². The highest BCUT2D eigenvalue weighted by molar-refractivity contribution is 5.84. The first kappa shape index (κ1) is 14.2. The minimum Gasteiger partial charge on any atom is -0.350 e. The van der Waals surface area contributed by atoms with E-state index >= 15 is 0 Å². The second kappa shape index (κ2) is 7.42. The molecule has 2 N–H and O–H groups in total. The van der Waals surface area contributed by atoms with Gasteiger partial charge in [0.1, 0.15) is 0 Å². The van der Waals surface area contributed by atoms with E-state index in [1.807, 2.05) is 26.0 Å². The van der Waals surface area contributed by atoms with Gasteiger partial charge in [-0.05, 0) is 23.6 Å². The Morgan fingerprint density at radius 3 is 2.44 bits per heavy atom. The number of carbonyl (C=O) groups excluding carboxylic acids is 2. The van der Waals surface area contributed by atoms with Gasteiger partial charge in [-0.3, -0.25) is 14.6 Å². The number of nitrogens with one attached hydrogen (secondary N) is 2. The molecular formula is C13H19N3O2. The molecular weight excluding hydrogens is 230 g/mol. The quantitative estimate of drug-likeness (QED) is 0.785. The maximum atomic E-state index is 11.5. The lowest BCUT2D eigenvalue weighted by Crippen LogP contribution is -2.36. The van der Waals surface area contributed by atoms with Crippen LogP contribution >= 0.6 is 0 Å². The van der Waals surface area contributed by atoms with Gasteiger partial charge in [-0.2, -0.15) is 0 Å². The number of hydrogen-bond donors (Lipinski definition) is 2. The van der Waals surface area contributed by atoms with Crippen molar-refractivity contribution in [3.05, 3.63) is 30.1 Å². The predicted octanol–water partition coefficient (Wildman–Crippen LogP) is 0.860. The minimum absolute atomic E-state index is 0.0244. The summed E-state index contributed by atoms with van der Waals surface area (Å²) in [7, 11) is 0. The fourth-order valence-corrected chi connectivity index (χ4v) is 1.39. The Balaban J connectivity index is 2.20. The Labute approximate surface area is 107 Å². The summed E-state index contributed by atoms with van der Waals surface area (Å²) < 4.78 is 0. The molecule has 1 aromatic rings. The van der Waals surface area contributed by atoms with Crippen LogP contribution in [-0.4, -0.2) is 23.3 Å². The molecule has 0 saturated carbocycles. The van der Waals surface area contributed by atoms with Crippen molar-refractivity contribution >= 4 is 11.8 Å². The molecule has 0 radical (unpaired) electrons. The van der Waals surface area contributed by atoms with Crippen molar-refractivity contribution in [2.24, 2.45) is 5.92 Å². The van der Waals surface area contributed by atoms with E-state index in [0.717, 1.165) is 5.56 Å². The minimum atomic E-state index is -0.191. The summed E-state index contributed by atoms with van der Waals surface area (Å²) in [6, 6.07) is 3.66. The Morgan fingerprint density at radius 2 is 1.83 bits per heavy atom. The number of aromatic nitrogens is 1. The summed E-state index contributed by atoms with van der Waals surface area (Å²) in [6.45, 7) is 4.39. The third-order valence-electron chi connectivity index (χ3n) is 2.28. The zero-order valence-corrected chi connectivity index (χ0v) is 10.8. The zero-order valence-electron chi connectivity index (χ0n) is 10.8. The molecule has 18 heavy (non-hydrogen) atoms. The lowest BCUT2D eigenvalue weighted by atomic mass is 10.1. The molecule has 5 nitrogen and oxygen atoms in total. The molecule has 0 aliphatic carbocycles. The maximum absolute atomic E-state index is 11.5. The van der Waals surface area contributed by atoms with E-state index < -0.39 is 0 Å². The lowest BCUT2D eigenvalue weighted by Gasteiger charge is -2.08. The number of nitrogens with zero attached hydrogens (tertiary/aromatic N) is 1. The van der Waals surface area contributed by atoms with Crippen molar-refractivity contribution in [3.63, 3.8) is 0 Å². The first-order valence-corrected chi connectivity index (χ1v) is 6.00. The third-order valence-corrected chi connectivity index (χ3v) is 2.28. The first-order chi connectivity index (χ1) is 8.58. The van der Waals surface area contributed by atoms with Gasteiger partial charge in [-0.25, -0.2) is 0 Å². The fourth-order valence-electron chi connectivity index (χ4n) is 1.39. The summed E-state index contributed by atoms with van der Waals surface area (Å²) >= 11 is 0. The average molecular weight is 249 g/mol. The molecule has 0 aliphatic rings. The van der Waals surface area contributed by atoms with Gasteiger partial charge < -0.3 is 10.6 Å². The molecule has 2 amide bonds. The summed E-state index contributed by atoms with van der Waals surface area (Å²) in [5.74, 6) is 0.0119. The van der Waals surface area contributed by atoms with Crippen molar-refractivity contribution in [3.8, 4) is 0 Å². The summed E-state index contributed by atoms with van der Waals surface area (Å²) in [6.07, 6.45) is 3.79. The van der Waals surface area contributed by atoms with Crippen LogP contribution in [0.15, 0.2) is 24.5 Å². The van der Waals surface area contributed by atoms with Gasteiger partial charge in [0.25, 0.3) is 0 Å². The summed E-state index contributed by atoms with van der Waals surface area (Å²) in [5.41, 5.74) is 0.979. The molecule has 1 heterocycles. The van der Waals surface area contributed by atoms with Crippen molar-refractivity contribution in [2.75, 3.05) is 6.54 Å². The molecule has 0 aromatic carbocycles. The average Bonchev–Trinajstić information content (AvgIpc) is 2.34. The number of rotatable bonds is 6. The number of hydrogen-bond acceptors (Lipinski definition) is 3. The Hall–Kier alpha value is -1.91. The van der Waals surface area contributed by atoms with Gasteiger partial charge in [0.15, 0.2) is 0 Å². The molecule has 1 aromatic heterocycles. The Morgan fingerprint density at radius 1 is 1.17 bits per heavy atom. The highest BCUT2D eigenvalue weighted by atomic mass is 16.2. The van der Waals surface area contributed by atoms with E-state index in [-0.39, 0.29) is 18.4 Å². The molecule has 0 unspecified atom stereocenters. The fraction of sp³-hybridized carbons (Fsp3) is 0.462. The van der Waals surface area contributed by atoms with Gasteiger partial charge >= 0.3 is 0 Å². The van der Waals surface area contributed by atoms with E-state index in [1.165, 1.54) is 0 Å². The maximum Gasteiger partial charge on any atom is 0.239 e. The molecule has 0 saturated heterocycles. The van der Waals surface area contributed by atoms with Crippen LogP contribution in [0, 0.1) is 5.92 Å². The summed E-state index contributed by atoms with van der Waals surface area (Å²) in [4.78, 5) is 26.7. The molecule has 0 bridgehead atoms. The van der Waals surface area contributed by atoms with Gasteiger partial charge in [0.2, 0.25) is 11.8 Å². The van der Waals surface area contributed by atoms with Crippen LogP contribution in [0.4, 0.5) is 0 Å². The van der Waals surface area contributed by atoms with Gasteiger partial charge in [-0.15, -0.1) is 0 Å². The molecule has 0 fully saturated rings. The van der Waals surface area contributed by atoms with E-state index in [4.69, 9.17) is 0 Å². The van der Waals surface area contributed by atoms with Crippen LogP contribution < -0.4 is 10.6 Å². The molecule has 0 aliphatic heterocycles. The second-order valence-corrected chi connectivity index (χ2v) is 4.51. The van der Waals surface area contributed by atoms with Crippen LogP contribution in [0.3, 0.4) is 0 Å². The van der Waals surface area contributed by atoms with Crippen LogP contribution in [0.1, 0.15) is 25.8 Å². The topological polar surface area (TPSA) is 71.1 Å². The number of carbonyl (C=O) groups is 2. The SMILES string of the molecule is CC(C)CC(=O)NCC(=O)NCc1ccncc1. The van der Waals surface area contributed by atoms with E-state index in [1.54, 1.807) is 12.4 Å². The summed E-state index contributed by atoms with van der Waals surface area (Å²) in [5, 5.41) is 5.31. The van der Waals surface area contributed by atoms with Crippen LogP contribution in [-0.2, 0) is 16.1 Å². The van der Waals surface area contributed by atoms with Gasteiger partial charge in [0.05, 0.1) is 6.54 Å². The molecule has 98 valence electrons. The van der Waals surface area contributed by atoms with Gasteiger partial charge in [-0.1, -0.05) is 13.8 Å². The number of pyridine rings is 1. The predicted molar refractivity (Wildman–Crippen MR) is 68.5 cm³/mol. The van der Waals surface area contributed by atoms with E-state index in [0.29, 0.717) is 18.9 Å². The smallest absolute Gasteiger partial charge is 0.239 e. The molecule has 0 spiro atoms. The highest BCUT2D eigenvalue weighted by Gasteiger charge is 2.06. The molecule has 5 heteroatoms.